The summed E-state index contributed by atoms with van der Waals surface area (Å²) in [7, 11) is 0. The maximum Gasteiger partial charge on any atom is 0.407 e. The molecule has 0 radical (unpaired) electrons. The van der Waals surface area contributed by atoms with Crippen LogP contribution in [0.3, 0.4) is 0 Å². The SMILES string of the molecule is O=C(O)CC(NC(=O)OCC1c2ccccc2-c2ccccc21)C1CCOC1. The molecule has 2 unspecified atom stereocenters. The molecule has 0 bridgehead atoms. The van der Waals surface area contributed by atoms with Gasteiger partial charge in [0.15, 0.2) is 0 Å². The second-order valence-electron chi connectivity index (χ2n) is 7.30. The third-order valence-corrected chi connectivity index (χ3v) is 5.58. The largest absolute Gasteiger partial charge is 0.481 e. The van der Waals surface area contributed by atoms with Gasteiger partial charge >= 0.3 is 12.1 Å². The number of carboxylic acids is 1. The number of ether oxygens (including phenoxy) is 2. The van der Waals surface area contributed by atoms with Crippen molar-refractivity contribution >= 4 is 12.1 Å². The molecule has 6 nitrogen and oxygen atoms in total. The molecule has 4 rings (SSSR count). The lowest BCUT2D eigenvalue weighted by Crippen LogP contribution is -2.42. The van der Waals surface area contributed by atoms with Gasteiger partial charge in [-0.3, -0.25) is 4.79 Å². The van der Waals surface area contributed by atoms with Gasteiger partial charge in [0.1, 0.15) is 6.61 Å². The molecule has 2 aromatic carbocycles. The molecule has 0 saturated carbocycles. The Labute approximate surface area is 163 Å². The standard InChI is InChI=1S/C22H23NO5/c24-21(25)11-20(14-9-10-27-12-14)23-22(26)28-13-19-17-7-3-1-5-15(17)16-6-2-4-8-18(16)19/h1-8,14,19-20H,9-13H2,(H,23,26)(H,24,25). The minimum atomic E-state index is -0.948. The number of carbonyl (C=O) groups excluding carboxylic acids is 1. The number of hydrogen-bond acceptors (Lipinski definition) is 4. The molecule has 2 atom stereocenters. The molecule has 2 aromatic rings. The van der Waals surface area contributed by atoms with Gasteiger partial charge in [-0.2, -0.15) is 0 Å². The molecule has 1 heterocycles. The molecule has 0 aromatic heterocycles. The van der Waals surface area contributed by atoms with Crippen molar-refractivity contribution in [1.82, 2.24) is 5.32 Å². The van der Waals surface area contributed by atoms with Crippen molar-refractivity contribution in [2.45, 2.75) is 24.8 Å². The molecule has 2 aliphatic rings. The van der Waals surface area contributed by atoms with Crippen LogP contribution < -0.4 is 5.32 Å². The summed E-state index contributed by atoms with van der Waals surface area (Å²) < 4.78 is 10.9. The van der Waals surface area contributed by atoms with E-state index in [1.165, 1.54) is 11.1 Å². The van der Waals surface area contributed by atoms with Crippen LogP contribution in [-0.4, -0.2) is 43.0 Å². The molecule has 1 aliphatic heterocycles. The van der Waals surface area contributed by atoms with Crippen molar-refractivity contribution in [2.24, 2.45) is 5.92 Å². The van der Waals surface area contributed by atoms with Crippen molar-refractivity contribution in [1.29, 1.82) is 0 Å². The average Bonchev–Trinajstić information content (AvgIpc) is 3.32. The van der Waals surface area contributed by atoms with E-state index in [9.17, 15) is 9.59 Å². The highest BCUT2D eigenvalue weighted by Gasteiger charge is 2.31. The Balaban J connectivity index is 1.44. The first-order valence-corrected chi connectivity index (χ1v) is 9.54. The number of rotatable bonds is 6. The first-order chi connectivity index (χ1) is 13.6. The summed E-state index contributed by atoms with van der Waals surface area (Å²) in [5.41, 5.74) is 4.61. The van der Waals surface area contributed by atoms with Gasteiger partial charge in [0.25, 0.3) is 0 Å². The molecule has 0 spiro atoms. The van der Waals surface area contributed by atoms with E-state index in [1.54, 1.807) is 0 Å². The molecule has 1 aliphatic carbocycles. The molecular formula is C22H23NO5. The normalized spacial score (nSPS) is 18.9. The van der Waals surface area contributed by atoms with E-state index in [1.807, 2.05) is 24.3 Å². The Bertz CT molecular complexity index is 829. The molecule has 146 valence electrons. The zero-order chi connectivity index (χ0) is 19.5. The van der Waals surface area contributed by atoms with Crippen LogP contribution in [0.15, 0.2) is 48.5 Å². The fourth-order valence-electron chi connectivity index (χ4n) is 4.19. The van der Waals surface area contributed by atoms with E-state index in [0.717, 1.165) is 17.5 Å². The zero-order valence-electron chi connectivity index (χ0n) is 15.5. The summed E-state index contributed by atoms with van der Waals surface area (Å²) in [4.78, 5) is 23.6. The predicted molar refractivity (Wildman–Crippen MR) is 103 cm³/mol. The first kappa shape index (κ1) is 18.5. The molecular weight excluding hydrogens is 358 g/mol. The smallest absolute Gasteiger partial charge is 0.407 e. The zero-order valence-corrected chi connectivity index (χ0v) is 15.5. The number of nitrogens with one attached hydrogen (secondary N) is 1. The van der Waals surface area contributed by atoms with Gasteiger partial charge in [-0.1, -0.05) is 48.5 Å². The number of hydrogen-bond donors (Lipinski definition) is 2. The number of alkyl carbamates (subject to hydrolysis) is 1. The summed E-state index contributed by atoms with van der Waals surface area (Å²) in [6.07, 6.45) is 0.0137. The van der Waals surface area contributed by atoms with E-state index in [4.69, 9.17) is 14.6 Å². The molecule has 6 heteroatoms. The number of carbonyl (C=O) groups is 2. The summed E-state index contributed by atoms with van der Waals surface area (Å²) in [5.74, 6) is -0.974. The number of carboxylic acid groups (broad SMARTS) is 1. The van der Waals surface area contributed by atoms with Crippen LogP contribution in [0, 0.1) is 5.92 Å². The minimum Gasteiger partial charge on any atom is -0.481 e. The highest BCUT2D eigenvalue weighted by Crippen LogP contribution is 2.44. The van der Waals surface area contributed by atoms with E-state index in [0.29, 0.717) is 13.2 Å². The third kappa shape index (κ3) is 3.73. The third-order valence-electron chi connectivity index (χ3n) is 5.58. The molecule has 28 heavy (non-hydrogen) atoms. The maximum absolute atomic E-state index is 12.4. The maximum atomic E-state index is 12.4. The van der Waals surface area contributed by atoms with Gasteiger partial charge < -0.3 is 19.9 Å². The Morgan fingerprint density at radius 2 is 1.75 bits per heavy atom. The van der Waals surface area contributed by atoms with Crippen LogP contribution in [-0.2, 0) is 14.3 Å². The summed E-state index contributed by atoms with van der Waals surface area (Å²) in [5, 5.41) is 11.9. The van der Waals surface area contributed by atoms with Crippen molar-refractivity contribution in [3.63, 3.8) is 0 Å². The minimum absolute atomic E-state index is 0.00316. The first-order valence-electron chi connectivity index (χ1n) is 9.54. The molecule has 2 N–H and O–H groups in total. The lowest BCUT2D eigenvalue weighted by molar-refractivity contribution is -0.137. The molecule has 1 amide bonds. The Morgan fingerprint density at radius 3 is 2.32 bits per heavy atom. The fraction of sp³-hybridized carbons (Fsp3) is 0.364. The van der Waals surface area contributed by atoms with E-state index < -0.39 is 18.1 Å². The van der Waals surface area contributed by atoms with Crippen molar-refractivity contribution in [3.8, 4) is 11.1 Å². The number of aliphatic carboxylic acids is 1. The van der Waals surface area contributed by atoms with Gasteiger partial charge in [0, 0.05) is 24.5 Å². The van der Waals surface area contributed by atoms with E-state index in [-0.39, 0.29) is 24.9 Å². The topological polar surface area (TPSA) is 84.9 Å². The fourth-order valence-corrected chi connectivity index (χ4v) is 4.19. The Hall–Kier alpha value is -2.86. The van der Waals surface area contributed by atoms with Crippen LogP contribution in [0.5, 0.6) is 0 Å². The Morgan fingerprint density at radius 1 is 1.11 bits per heavy atom. The number of benzene rings is 2. The van der Waals surface area contributed by atoms with Crippen LogP contribution in [0.25, 0.3) is 11.1 Å². The molecule has 1 saturated heterocycles. The Kier molecular flexibility index (Phi) is 5.30. The van der Waals surface area contributed by atoms with E-state index in [2.05, 4.69) is 29.6 Å². The van der Waals surface area contributed by atoms with Crippen LogP contribution >= 0.6 is 0 Å². The van der Waals surface area contributed by atoms with Gasteiger partial charge in [-0.15, -0.1) is 0 Å². The molecule has 1 fully saturated rings. The quantitative estimate of drug-likeness (QED) is 0.801. The van der Waals surface area contributed by atoms with Crippen LogP contribution in [0.2, 0.25) is 0 Å². The van der Waals surface area contributed by atoms with Crippen molar-refractivity contribution in [3.05, 3.63) is 59.7 Å². The lowest BCUT2D eigenvalue weighted by Gasteiger charge is -2.22. The van der Waals surface area contributed by atoms with Gasteiger partial charge in [-0.05, 0) is 28.7 Å². The second-order valence-corrected chi connectivity index (χ2v) is 7.30. The highest BCUT2D eigenvalue weighted by molar-refractivity contribution is 5.79. The van der Waals surface area contributed by atoms with Gasteiger partial charge in [0.05, 0.1) is 13.0 Å². The summed E-state index contributed by atoms with van der Waals surface area (Å²) in [6.45, 7) is 1.26. The lowest BCUT2D eigenvalue weighted by atomic mass is 9.96. The monoisotopic (exact) mass is 381 g/mol. The predicted octanol–water partition coefficient (Wildman–Crippen LogP) is 3.40. The van der Waals surface area contributed by atoms with Crippen molar-refractivity contribution < 1.29 is 24.2 Å². The van der Waals surface area contributed by atoms with Gasteiger partial charge in [0.2, 0.25) is 0 Å². The number of amides is 1. The average molecular weight is 381 g/mol. The number of fused-ring (bicyclic) bond motifs is 3. The van der Waals surface area contributed by atoms with Crippen LogP contribution in [0.4, 0.5) is 4.79 Å². The highest BCUT2D eigenvalue weighted by atomic mass is 16.5. The second kappa shape index (κ2) is 8.02. The van der Waals surface area contributed by atoms with E-state index >= 15 is 0 Å². The van der Waals surface area contributed by atoms with Gasteiger partial charge in [-0.25, -0.2) is 4.79 Å². The van der Waals surface area contributed by atoms with Crippen molar-refractivity contribution in [2.75, 3.05) is 19.8 Å². The summed E-state index contributed by atoms with van der Waals surface area (Å²) in [6, 6.07) is 15.8. The van der Waals surface area contributed by atoms with Crippen LogP contribution in [0.1, 0.15) is 29.9 Å². The summed E-state index contributed by atoms with van der Waals surface area (Å²) >= 11 is 0.